The van der Waals surface area contributed by atoms with Crippen molar-refractivity contribution in [3.8, 4) is 0 Å². The quantitative estimate of drug-likeness (QED) is 0.900. The molecule has 1 N–H and O–H groups in total. The average Bonchev–Trinajstić information content (AvgIpc) is 2.28. The Labute approximate surface area is 115 Å². The van der Waals surface area contributed by atoms with Crippen LogP contribution in [-0.2, 0) is 13.1 Å². The van der Waals surface area contributed by atoms with Crippen molar-refractivity contribution in [1.82, 2.24) is 10.2 Å². The summed E-state index contributed by atoms with van der Waals surface area (Å²) in [5, 5.41) is 3.21. The largest absolute Gasteiger partial charge is 0.316 e. The number of thioether (sulfide) groups is 1. The van der Waals surface area contributed by atoms with Crippen molar-refractivity contribution < 1.29 is 0 Å². The summed E-state index contributed by atoms with van der Waals surface area (Å²) in [5.74, 6) is 1.25. The minimum Gasteiger partial charge on any atom is -0.316 e. The molecule has 3 heteroatoms. The molecule has 1 aliphatic heterocycles. The molecule has 1 fully saturated rings. The predicted octanol–water partition coefficient (Wildman–Crippen LogP) is 2.73. The second-order valence-corrected chi connectivity index (χ2v) is 7.47. The zero-order chi connectivity index (χ0) is 13.0. The van der Waals surface area contributed by atoms with Gasteiger partial charge in [0, 0.05) is 36.7 Å². The second-order valence-electron chi connectivity index (χ2n) is 5.67. The van der Waals surface area contributed by atoms with Crippen LogP contribution in [0.25, 0.3) is 0 Å². The number of hydrogen-bond acceptors (Lipinski definition) is 3. The van der Waals surface area contributed by atoms with Gasteiger partial charge in [0.15, 0.2) is 0 Å². The van der Waals surface area contributed by atoms with Gasteiger partial charge in [0.2, 0.25) is 0 Å². The average molecular weight is 264 g/mol. The van der Waals surface area contributed by atoms with Crippen molar-refractivity contribution in [1.29, 1.82) is 0 Å². The van der Waals surface area contributed by atoms with Gasteiger partial charge in [-0.15, -0.1) is 0 Å². The van der Waals surface area contributed by atoms with Crippen LogP contribution in [0.4, 0.5) is 0 Å². The van der Waals surface area contributed by atoms with E-state index in [2.05, 4.69) is 60.1 Å². The summed E-state index contributed by atoms with van der Waals surface area (Å²) in [6, 6.07) is 8.93. The molecule has 18 heavy (non-hydrogen) atoms. The standard InChI is InChI=1S/C15H24N2S/c1-15(2)12-17(7-8-18-15)11-14-6-4-5-13(9-14)10-16-3/h4-6,9,16H,7-8,10-12H2,1-3H3. The van der Waals surface area contributed by atoms with Crippen LogP contribution < -0.4 is 5.32 Å². The number of rotatable bonds is 4. The lowest BCUT2D eigenvalue weighted by atomic mass is 10.1. The minimum atomic E-state index is 0.404. The Hall–Kier alpha value is -0.510. The van der Waals surface area contributed by atoms with Gasteiger partial charge in [-0.1, -0.05) is 24.3 Å². The van der Waals surface area contributed by atoms with E-state index < -0.39 is 0 Å². The molecule has 0 radical (unpaired) electrons. The van der Waals surface area contributed by atoms with Crippen LogP contribution in [0.3, 0.4) is 0 Å². The van der Waals surface area contributed by atoms with Gasteiger partial charge in [-0.25, -0.2) is 0 Å². The first-order valence-corrected chi connectivity index (χ1v) is 7.66. The Balaban J connectivity index is 1.98. The smallest absolute Gasteiger partial charge is 0.0234 e. The Morgan fingerprint density at radius 1 is 1.33 bits per heavy atom. The molecule has 0 unspecified atom stereocenters. The van der Waals surface area contributed by atoms with Gasteiger partial charge in [0.25, 0.3) is 0 Å². The van der Waals surface area contributed by atoms with Crippen LogP contribution in [0.2, 0.25) is 0 Å². The molecule has 1 aromatic carbocycles. The van der Waals surface area contributed by atoms with Crippen molar-refractivity contribution in [2.45, 2.75) is 31.7 Å². The van der Waals surface area contributed by atoms with E-state index in [0.717, 1.165) is 13.1 Å². The van der Waals surface area contributed by atoms with Crippen molar-refractivity contribution in [3.63, 3.8) is 0 Å². The van der Waals surface area contributed by atoms with E-state index in [9.17, 15) is 0 Å². The molecule has 1 saturated heterocycles. The highest BCUT2D eigenvalue weighted by Gasteiger charge is 2.26. The summed E-state index contributed by atoms with van der Waals surface area (Å²) in [6.45, 7) is 9.14. The van der Waals surface area contributed by atoms with E-state index in [1.165, 1.54) is 30.0 Å². The van der Waals surface area contributed by atoms with Gasteiger partial charge in [-0.05, 0) is 32.0 Å². The summed E-state index contributed by atoms with van der Waals surface area (Å²) in [4.78, 5) is 2.58. The first kappa shape index (κ1) is 13.9. The zero-order valence-electron chi connectivity index (χ0n) is 11.7. The predicted molar refractivity (Wildman–Crippen MR) is 81.0 cm³/mol. The first-order valence-electron chi connectivity index (χ1n) is 6.68. The Kier molecular flexibility index (Phi) is 4.71. The molecule has 1 heterocycles. The van der Waals surface area contributed by atoms with Crippen LogP contribution in [0.5, 0.6) is 0 Å². The molecule has 0 aliphatic carbocycles. The maximum atomic E-state index is 3.21. The molecule has 1 aromatic rings. The molecule has 2 rings (SSSR count). The molecular weight excluding hydrogens is 240 g/mol. The third-order valence-electron chi connectivity index (χ3n) is 3.28. The van der Waals surface area contributed by atoms with Crippen LogP contribution in [0, 0.1) is 0 Å². The molecule has 0 spiro atoms. The lowest BCUT2D eigenvalue weighted by Crippen LogP contribution is -2.42. The minimum absolute atomic E-state index is 0.404. The number of nitrogens with zero attached hydrogens (tertiary/aromatic N) is 1. The van der Waals surface area contributed by atoms with E-state index >= 15 is 0 Å². The van der Waals surface area contributed by atoms with Crippen molar-refractivity contribution in [3.05, 3.63) is 35.4 Å². The van der Waals surface area contributed by atoms with Crippen molar-refractivity contribution in [2.24, 2.45) is 0 Å². The SMILES string of the molecule is CNCc1cccc(CN2CCSC(C)(C)C2)c1. The zero-order valence-corrected chi connectivity index (χ0v) is 12.5. The molecule has 0 bridgehead atoms. The highest BCUT2D eigenvalue weighted by Crippen LogP contribution is 2.30. The summed E-state index contributed by atoms with van der Waals surface area (Å²) in [6.07, 6.45) is 0. The van der Waals surface area contributed by atoms with Gasteiger partial charge in [0.05, 0.1) is 0 Å². The van der Waals surface area contributed by atoms with E-state index in [4.69, 9.17) is 0 Å². The molecule has 0 atom stereocenters. The fourth-order valence-electron chi connectivity index (χ4n) is 2.55. The van der Waals surface area contributed by atoms with E-state index in [1.807, 2.05) is 7.05 Å². The maximum Gasteiger partial charge on any atom is 0.0234 e. The topological polar surface area (TPSA) is 15.3 Å². The normalized spacial score (nSPS) is 19.9. The van der Waals surface area contributed by atoms with Gasteiger partial charge >= 0.3 is 0 Å². The lowest BCUT2D eigenvalue weighted by molar-refractivity contribution is 0.252. The van der Waals surface area contributed by atoms with Gasteiger partial charge in [0.1, 0.15) is 0 Å². The van der Waals surface area contributed by atoms with Crippen molar-refractivity contribution in [2.75, 3.05) is 25.9 Å². The van der Waals surface area contributed by atoms with Crippen molar-refractivity contribution >= 4 is 11.8 Å². The van der Waals surface area contributed by atoms with Gasteiger partial charge in [-0.3, -0.25) is 4.90 Å². The molecule has 2 nitrogen and oxygen atoms in total. The van der Waals surface area contributed by atoms with Gasteiger partial charge in [-0.2, -0.15) is 11.8 Å². The van der Waals surface area contributed by atoms with Crippen LogP contribution in [-0.4, -0.2) is 35.5 Å². The van der Waals surface area contributed by atoms with E-state index in [1.54, 1.807) is 0 Å². The van der Waals surface area contributed by atoms with Gasteiger partial charge < -0.3 is 5.32 Å². The molecule has 0 aromatic heterocycles. The lowest BCUT2D eigenvalue weighted by Gasteiger charge is -2.37. The van der Waals surface area contributed by atoms with E-state index in [0.29, 0.717) is 4.75 Å². The fraction of sp³-hybridized carbons (Fsp3) is 0.600. The second kappa shape index (κ2) is 6.09. The summed E-state index contributed by atoms with van der Waals surface area (Å²) < 4.78 is 0.404. The molecule has 0 saturated carbocycles. The number of hydrogen-bond donors (Lipinski definition) is 1. The van der Waals surface area contributed by atoms with Crippen LogP contribution in [0.1, 0.15) is 25.0 Å². The fourth-order valence-corrected chi connectivity index (χ4v) is 3.73. The monoisotopic (exact) mass is 264 g/mol. The highest BCUT2D eigenvalue weighted by atomic mass is 32.2. The Bertz CT molecular complexity index is 390. The molecular formula is C15H24N2S. The summed E-state index contributed by atoms with van der Waals surface area (Å²) in [7, 11) is 2.00. The Morgan fingerprint density at radius 2 is 2.11 bits per heavy atom. The highest BCUT2D eigenvalue weighted by molar-refractivity contribution is 8.00. The molecule has 0 amide bonds. The number of benzene rings is 1. The molecule has 1 aliphatic rings. The molecule has 100 valence electrons. The third-order valence-corrected chi connectivity index (χ3v) is 4.58. The maximum absolute atomic E-state index is 3.21. The van der Waals surface area contributed by atoms with Crippen LogP contribution in [0.15, 0.2) is 24.3 Å². The summed E-state index contributed by atoms with van der Waals surface area (Å²) >= 11 is 2.09. The Morgan fingerprint density at radius 3 is 2.83 bits per heavy atom. The third kappa shape index (κ3) is 4.01. The van der Waals surface area contributed by atoms with E-state index in [-0.39, 0.29) is 0 Å². The summed E-state index contributed by atoms with van der Waals surface area (Å²) in [5.41, 5.74) is 2.81. The number of nitrogens with one attached hydrogen (secondary N) is 1. The van der Waals surface area contributed by atoms with Crippen LogP contribution >= 0.6 is 11.8 Å². The first-order chi connectivity index (χ1) is 8.59.